The van der Waals surface area contributed by atoms with Crippen LogP contribution >= 0.6 is 0 Å². The fourth-order valence-corrected chi connectivity index (χ4v) is 3.66. The van der Waals surface area contributed by atoms with E-state index in [4.69, 9.17) is 0 Å². The number of carbonyl (C=O) groups excluding carboxylic acids is 1. The largest absolute Gasteiger partial charge is 0.350 e. The minimum Gasteiger partial charge on any atom is -0.324 e. The molecule has 7 nitrogen and oxygen atoms in total. The molecule has 2 amide bonds. The summed E-state index contributed by atoms with van der Waals surface area (Å²) in [6.45, 7) is 1.22. The number of carbonyl (C=O) groups is 1. The Morgan fingerprint density at radius 2 is 1.75 bits per heavy atom. The number of hydrogen-bond donors (Lipinski definition) is 1. The van der Waals surface area contributed by atoms with Gasteiger partial charge in [-0.15, -0.1) is 0 Å². The van der Waals surface area contributed by atoms with Gasteiger partial charge in [-0.05, 0) is 37.1 Å². The summed E-state index contributed by atoms with van der Waals surface area (Å²) in [4.78, 5) is 27.2. The van der Waals surface area contributed by atoms with Crippen LogP contribution < -0.4 is 11.0 Å². The minimum atomic E-state index is -0.174. The Balaban J connectivity index is 1.58. The van der Waals surface area contributed by atoms with Crippen LogP contribution in [0.2, 0.25) is 0 Å². The predicted octanol–water partition coefficient (Wildman–Crippen LogP) is 2.98. The van der Waals surface area contributed by atoms with E-state index in [2.05, 4.69) is 10.4 Å². The molecule has 7 heteroatoms. The summed E-state index contributed by atoms with van der Waals surface area (Å²) in [7, 11) is 1.66. The molecule has 0 bridgehead atoms. The van der Waals surface area contributed by atoms with Crippen LogP contribution in [0.15, 0.2) is 65.5 Å². The van der Waals surface area contributed by atoms with E-state index in [-0.39, 0.29) is 17.6 Å². The molecule has 2 heterocycles. The van der Waals surface area contributed by atoms with Crippen LogP contribution in [0.1, 0.15) is 24.6 Å². The van der Waals surface area contributed by atoms with Gasteiger partial charge in [0.15, 0.2) is 0 Å². The summed E-state index contributed by atoms with van der Waals surface area (Å²) in [6.07, 6.45) is 1.75. The number of anilines is 1. The fraction of sp³-hybridized carbons (Fsp3) is 0.286. The molecule has 0 aliphatic carbocycles. The highest BCUT2D eigenvalue weighted by Crippen LogP contribution is 2.27. The van der Waals surface area contributed by atoms with Gasteiger partial charge < -0.3 is 10.2 Å². The third-order valence-electron chi connectivity index (χ3n) is 5.06. The van der Waals surface area contributed by atoms with E-state index in [1.807, 2.05) is 60.7 Å². The molecular weight excluding hydrogens is 354 g/mol. The number of benzene rings is 2. The first-order valence-corrected chi connectivity index (χ1v) is 9.46. The van der Waals surface area contributed by atoms with Crippen molar-refractivity contribution < 1.29 is 4.79 Å². The number of aromatic nitrogens is 3. The SMILES string of the molecule is Cn1nc([C@H]2CCCN(C(=O)Nc3ccccc3)C2)n(-c2ccccc2)c1=O. The van der Waals surface area contributed by atoms with Crippen molar-refractivity contribution in [1.29, 1.82) is 0 Å². The van der Waals surface area contributed by atoms with Crippen molar-refractivity contribution in [3.63, 3.8) is 0 Å². The maximum Gasteiger partial charge on any atom is 0.350 e. The zero-order valence-electron chi connectivity index (χ0n) is 15.8. The van der Waals surface area contributed by atoms with Crippen LogP contribution in [-0.4, -0.2) is 38.4 Å². The third kappa shape index (κ3) is 3.55. The molecule has 0 saturated carbocycles. The summed E-state index contributed by atoms with van der Waals surface area (Å²) in [6, 6.07) is 18.8. The first kappa shape index (κ1) is 18.0. The zero-order chi connectivity index (χ0) is 19.5. The average molecular weight is 377 g/mol. The van der Waals surface area contributed by atoms with Crippen molar-refractivity contribution >= 4 is 11.7 Å². The van der Waals surface area contributed by atoms with Gasteiger partial charge in [0, 0.05) is 31.7 Å². The van der Waals surface area contributed by atoms with Crippen LogP contribution in [0.3, 0.4) is 0 Å². The van der Waals surface area contributed by atoms with Crippen molar-refractivity contribution in [3.05, 3.63) is 77.0 Å². The number of nitrogens with one attached hydrogen (secondary N) is 1. The minimum absolute atomic E-state index is 0.00406. The van der Waals surface area contributed by atoms with Crippen LogP contribution in [0.5, 0.6) is 0 Å². The number of likely N-dealkylation sites (tertiary alicyclic amines) is 1. The lowest BCUT2D eigenvalue weighted by atomic mass is 9.97. The van der Waals surface area contributed by atoms with Crippen molar-refractivity contribution in [2.45, 2.75) is 18.8 Å². The molecule has 1 atom stereocenters. The van der Waals surface area contributed by atoms with Gasteiger partial charge in [-0.25, -0.2) is 18.8 Å². The van der Waals surface area contributed by atoms with Crippen molar-refractivity contribution in [2.24, 2.45) is 7.05 Å². The maximum atomic E-state index is 12.7. The standard InChI is InChI=1S/C21H23N5O2/c1-24-21(28)26(18-12-6-3-7-13-18)19(23-24)16-9-8-14-25(15-16)20(27)22-17-10-4-2-5-11-17/h2-7,10-13,16H,8-9,14-15H2,1H3,(H,22,27)/t16-/m0/s1. The summed E-state index contributed by atoms with van der Waals surface area (Å²) in [5.74, 6) is 0.709. The van der Waals surface area contributed by atoms with E-state index in [1.165, 1.54) is 4.68 Å². The van der Waals surface area contributed by atoms with E-state index in [9.17, 15) is 9.59 Å². The van der Waals surface area contributed by atoms with Gasteiger partial charge in [0.25, 0.3) is 0 Å². The molecule has 1 fully saturated rings. The molecule has 4 rings (SSSR count). The molecule has 1 aromatic heterocycles. The topological polar surface area (TPSA) is 72.2 Å². The zero-order valence-corrected chi connectivity index (χ0v) is 15.8. The summed E-state index contributed by atoms with van der Waals surface area (Å²) in [5.41, 5.74) is 1.39. The van der Waals surface area contributed by atoms with E-state index in [0.29, 0.717) is 18.9 Å². The Bertz CT molecular complexity index is 1010. The van der Waals surface area contributed by atoms with Gasteiger partial charge in [-0.3, -0.25) is 0 Å². The summed E-state index contributed by atoms with van der Waals surface area (Å²) >= 11 is 0. The van der Waals surface area contributed by atoms with Gasteiger partial charge in [-0.2, -0.15) is 5.10 Å². The highest BCUT2D eigenvalue weighted by molar-refractivity contribution is 5.89. The molecule has 1 aliphatic rings. The predicted molar refractivity (Wildman–Crippen MR) is 108 cm³/mol. The van der Waals surface area contributed by atoms with E-state index < -0.39 is 0 Å². The Morgan fingerprint density at radius 3 is 2.46 bits per heavy atom. The van der Waals surface area contributed by atoms with E-state index >= 15 is 0 Å². The molecular formula is C21H23N5O2. The molecule has 1 saturated heterocycles. The monoisotopic (exact) mass is 377 g/mol. The first-order valence-electron chi connectivity index (χ1n) is 9.46. The summed E-state index contributed by atoms with van der Waals surface area (Å²) < 4.78 is 3.02. The van der Waals surface area contributed by atoms with Crippen LogP contribution in [0, 0.1) is 0 Å². The number of hydrogen-bond acceptors (Lipinski definition) is 3. The highest BCUT2D eigenvalue weighted by atomic mass is 16.2. The number of aryl methyl sites for hydroxylation is 1. The Kier molecular flexibility index (Phi) is 4.97. The lowest BCUT2D eigenvalue weighted by Gasteiger charge is -2.32. The molecule has 0 unspecified atom stereocenters. The molecule has 144 valence electrons. The number of urea groups is 1. The maximum absolute atomic E-state index is 12.7. The highest BCUT2D eigenvalue weighted by Gasteiger charge is 2.29. The second kappa shape index (κ2) is 7.72. The van der Waals surface area contributed by atoms with Crippen LogP contribution in [0.25, 0.3) is 5.69 Å². The van der Waals surface area contributed by atoms with E-state index in [1.54, 1.807) is 16.5 Å². The first-order chi connectivity index (χ1) is 13.6. The normalized spacial score (nSPS) is 16.8. The van der Waals surface area contributed by atoms with Crippen molar-refractivity contribution in [3.8, 4) is 5.69 Å². The molecule has 28 heavy (non-hydrogen) atoms. The number of piperidine rings is 1. The fourth-order valence-electron chi connectivity index (χ4n) is 3.66. The second-order valence-electron chi connectivity index (χ2n) is 7.02. The van der Waals surface area contributed by atoms with Crippen LogP contribution in [-0.2, 0) is 7.05 Å². The van der Waals surface area contributed by atoms with Gasteiger partial charge in [0.2, 0.25) is 0 Å². The molecule has 2 aromatic carbocycles. The molecule has 3 aromatic rings. The van der Waals surface area contributed by atoms with Crippen molar-refractivity contribution in [2.75, 3.05) is 18.4 Å². The Morgan fingerprint density at radius 1 is 1.07 bits per heavy atom. The third-order valence-corrected chi connectivity index (χ3v) is 5.06. The molecule has 1 N–H and O–H groups in total. The van der Waals surface area contributed by atoms with Crippen LogP contribution in [0.4, 0.5) is 10.5 Å². The van der Waals surface area contributed by atoms with E-state index in [0.717, 1.165) is 24.2 Å². The molecule has 0 radical (unpaired) electrons. The number of amides is 2. The van der Waals surface area contributed by atoms with Gasteiger partial charge in [0.05, 0.1) is 5.69 Å². The average Bonchev–Trinajstić information content (AvgIpc) is 3.04. The van der Waals surface area contributed by atoms with Gasteiger partial charge >= 0.3 is 11.7 Å². The number of nitrogens with zero attached hydrogens (tertiary/aromatic N) is 4. The Hall–Kier alpha value is -3.35. The summed E-state index contributed by atoms with van der Waals surface area (Å²) in [5, 5.41) is 7.44. The quantitative estimate of drug-likeness (QED) is 0.763. The van der Waals surface area contributed by atoms with Gasteiger partial charge in [-0.1, -0.05) is 36.4 Å². The Labute approximate surface area is 163 Å². The lowest BCUT2D eigenvalue weighted by molar-refractivity contribution is 0.191. The second-order valence-corrected chi connectivity index (χ2v) is 7.02. The smallest absolute Gasteiger partial charge is 0.324 e. The van der Waals surface area contributed by atoms with Gasteiger partial charge in [0.1, 0.15) is 5.82 Å². The number of rotatable bonds is 3. The van der Waals surface area contributed by atoms with Crippen molar-refractivity contribution in [1.82, 2.24) is 19.2 Å². The number of para-hydroxylation sites is 2. The lowest BCUT2D eigenvalue weighted by Crippen LogP contribution is -2.42. The molecule has 0 spiro atoms. The molecule has 1 aliphatic heterocycles.